The Bertz CT molecular complexity index is 1170. The minimum absolute atomic E-state index is 0.249. The van der Waals surface area contributed by atoms with Crippen molar-refractivity contribution in [1.82, 2.24) is 15.3 Å². The first-order valence-corrected chi connectivity index (χ1v) is 9.75. The molecule has 0 aliphatic heterocycles. The quantitative estimate of drug-likeness (QED) is 0.485. The molecule has 156 valence electrons. The molecule has 31 heavy (non-hydrogen) atoms. The molecule has 0 atom stereocenters. The summed E-state index contributed by atoms with van der Waals surface area (Å²) in [5, 5.41) is 2.83. The third kappa shape index (κ3) is 4.61. The van der Waals surface area contributed by atoms with E-state index >= 15 is 0 Å². The maximum absolute atomic E-state index is 13.3. The van der Waals surface area contributed by atoms with E-state index in [0.717, 1.165) is 11.3 Å². The van der Waals surface area contributed by atoms with Crippen molar-refractivity contribution in [3.63, 3.8) is 0 Å². The summed E-state index contributed by atoms with van der Waals surface area (Å²) < 4.78 is 18.6. The molecule has 6 nitrogen and oxygen atoms in total. The monoisotopic (exact) mass is 416 g/mol. The van der Waals surface area contributed by atoms with Gasteiger partial charge in [-0.2, -0.15) is 0 Å². The molecule has 0 spiro atoms. The van der Waals surface area contributed by atoms with Crippen LogP contribution in [0.1, 0.15) is 21.7 Å². The Morgan fingerprint density at radius 2 is 1.84 bits per heavy atom. The molecule has 0 saturated heterocycles. The Morgan fingerprint density at radius 1 is 1.10 bits per heavy atom. The SMILES string of the molecule is Cc1ccc(N(C)c2nc(-c3ccc(F)cc3)ncc2C(=O)NCc2ccco2)cc1. The summed E-state index contributed by atoms with van der Waals surface area (Å²) in [6.45, 7) is 2.26. The normalized spacial score (nSPS) is 10.7. The maximum atomic E-state index is 13.3. The van der Waals surface area contributed by atoms with Gasteiger partial charge in [-0.1, -0.05) is 17.7 Å². The van der Waals surface area contributed by atoms with Crippen LogP contribution in [0.3, 0.4) is 0 Å². The van der Waals surface area contributed by atoms with Gasteiger partial charge in [0.15, 0.2) is 5.82 Å². The number of carbonyl (C=O) groups is 1. The van der Waals surface area contributed by atoms with E-state index in [1.807, 2.05) is 43.1 Å². The van der Waals surface area contributed by atoms with Gasteiger partial charge < -0.3 is 14.6 Å². The highest BCUT2D eigenvalue weighted by molar-refractivity contribution is 5.99. The Labute approximate surface area is 179 Å². The molecule has 1 N–H and O–H groups in total. The average molecular weight is 416 g/mol. The lowest BCUT2D eigenvalue weighted by Crippen LogP contribution is -2.26. The molecule has 2 heterocycles. The van der Waals surface area contributed by atoms with Gasteiger partial charge in [0.25, 0.3) is 5.91 Å². The largest absolute Gasteiger partial charge is 0.467 e. The molecule has 2 aromatic carbocycles. The minimum Gasteiger partial charge on any atom is -0.467 e. The van der Waals surface area contributed by atoms with Crippen LogP contribution in [-0.2, 0) is 6.54 Å². The summed E-state index contributed by atoms with van der Waals surface area (Å²) in [5.74, 6) is 0.822. The number of anilines is 2. The van der Waals surface area contributed by atoms with Crippen molar-refractivity contribution in [2.24, 2.45) is 0 Å². The number of benzene rings is 2. The predicted octanol–water partition coefficient (Wildman–Crippen LogP) is 4.88. The zero-order valence-electron chi connectivity index (χ0n) is 17.2. The number of amides is 1. The number of rotatable bonds is 6. The summed E-state index contributed by atoms with van der Waals surface area (Å²) in [6, 6.07) is 17.4. The molecule has 0 radical (unpaired) electrons. The molecule has 4 rings (SSSR count). The third-order valence-corrected chi connectivity index (χ3v) is 4.86. The minimum atomic E-state index is -0.338. The zero-order valence-corrected chi connectivity index (χ0v) is 17.2. The Balaban J connectivity index is 1.71. The number of hydrogen-bond acceptors (Lipinski definition) is 5. The molecule has 0 aliphatic rings. The predicted molar refractivity (Wildman–Crippen MR) is 117 cm³/mol. The van der Waals surface area contributed by atoms with Gasteiger partial charge in [-0.05, 0) is 55.5 Å². The van der Waals surface area contributed by atoms with Crippen molar-refractivity contribution in [3.8, 4) is 11.4 Å². The van der Waals surface area contributed by atoms with Crippen molar-refractivity contribution in [1.29, 1.82) is 0 Å². The van der Waals surface area contributed by atoms with Gasteiger partial charge in [-0.25, -0.2) is 14.4 Å². The van der Waals surface area contributed by atoms with Crippen LogP contribution in [0.25, 0.3) is 11.4 Å². The first-order chi connectivity index (χ1) is 15.0. The fourth-order valence-corrected chi connectivity index (χ4v) is 3.09. The van der Waals surface area contributed by atoms with Crippen LogP contribution in [0, 0.1) is 12.7 Å². The lowest BCUT2D eigenvalue weighted by atomic mass is 10.1. The summed E-state index contributed by atoms with van der Waals surface area (Å²) in [7, 11) is 1.84. The highest BCUT2D eigenvalue weighted by Crippen LogP contribution is 2.28. The molecule has 0 bridgehead atoms. The lowest BCUT2D eigenvalue weighted by Gasteiger charge is -2.21. The first kappa shape index (κ1) is 20.3. The van der Waals surface area contributed by atoms with Crippen LogP contribution in [0.4, 0.5) is 15.9 Å². The number of nitrogens with zero attached hydrogens (tertiary/aromatic N) is 3. The lowest BCUT2D eigenvalue weighted by molar-refractivity contribution is 0.0948. The Morgan fingerprint density at radius 3 is 2.52 bits per heavy atom. The average Bonchev–Trinajstić information content (AvgIpc) is 3.31. The van der Waals surface area contributed by atoms with Crippen molar-refractivity contribution >= 4 is 17.4 Å². The van der Waals surface area contributed by atoms with E-state index in [0.29, 0.717) is 28.5 Å². The third-order valence-electron chi connectivity index (χ3n) is 4.86. The van der Waals surface area contributed by atoms with Crippen LogP contribution < -0.4 is 10.2 Å². The number of aryl methyl sites for hydroxylation is 1. The molecule has 1 amide bonds. The number of aromatic nitrogens is 2. The van der Waals surface area contributed by atoms with Gasteiger partial charge in [0.1, 0.15) is 23.0 Å². The molecule has 7 heteroatoms. The summed E-state index contributed by atoms with van der Waals surface area (Å²) >= 11 is 0. The zero-order chi connectivity index (χ0) is 21.8. The standard InChI is InChI=1S/C24H21FN4O2/c1-16-5-11-19(12-6-16)29(2)23-21(24(30)27-14-20-4-3-13-31-20)15-26-22(28-23)17-7-9-18(25)10-8-17/h3-13,15H,14H2,1-2H3,(H,27,30). The van der Waals surface area contributed by atoms with E-state index < -0.39 is 0 Å². The molecular weight excluding hydrogens is 395 g/mol. The van der Waals surface area contributed by atoms with Crippen molar-refractivity contribution < 1.29 is 13.6 Å². The van der Waals surface area contributed by atoms with E-state index in [4.69, 9.17) is 4.42 Å². The molecule has 0 unspecified atom stereocenters. The van der Waals surface area contributed by atoms with E-state index in [2.05, 4.69) is 15.3 Å². The van der Waals surface area contributed by atoms with Crippen LogP contribution in [0.5, 0.6) is 0 Å². The van der Waals surface area contributed by atoms with Crippen LogP contribution in [0.2, 0.25) is 0 Å². The van der Waals surface area contributed by atoms with Crippen molar-refractivity contribution in [2.75, 3.05) is 11.9 Å². The fourth-order valence-electron chi connectivity index (χ4n) is 3.09. The number of nitrogens with one attached hydrogen (secondary N) is 1. The highest BCUT2D eigenvalue weighted by atomic mass is 19.1. The van der Waals surface area contributed by atoms with Crippen molar-refractivity contribution in [3.05, 3.63) is 95.8 Å². The smallest absolute Gasteiger partial charge is 0.257 e. The summed E-state index contributed by atoms with van der Waals surface area (Å²) in [6.07, 6.45) is 3.04. The van der Waals surface area contributed by atoms with Gasteiger partial charge in [0.2, 0.25) is 0 Å². The second-order valence-electron chi connectivity index (χ2n) is 7.09. The van der Waals surface area contributed by atoms with Crippen LogP contribution in [0.15, 0.2) is 77.5 Å². The second kappa shape index (κ2) is 8.79. The number of halogens is 1. The van der Waals surface area contributed by atoms with Gasteiger partial charge >= 0.3 is 0 Å². The summed E-state index contributed by atoms with van der Waals surface area (Å²) in [5.41, 5.74) is 2.97. The molecule has 2 aromatic heterocycles. The van der Waals surface area contributed by atoms with Gasteiger partial charge in [0, 0.05) is 24.5 Å². The van der Waals surface area contributed by atoms with Gasteiger partial charge in [-0.3, -0.25) is 4.79 Å². The molecular formula is C24H21FN4O2. The number of hydrogen-bond donors (Lipinski definition) is 1. The molecule has 0 aliphatic carbocycles. The second-order valence-corrected chi connectivity index (χ2v) is 7.09. The topological polar surface area (TPSA) is 71.3 Å². The van der Waals surface area contributed by atoms with Crippen LogP contribution >= 0.6 is 0 Å². The Kier molecular flexibility index (Phi) is 5.75. The maximum Gasteiger partial charge on any atom is 0.257 e. The molecule has 0 fully saturated rings. The van der Waals surface area contributed by atoms with E-state index in [-0.39, 0.29) is 18.3 Å². The highest BCUT2D eigenvalue weighted by Gasteiger charge is 2.20. The van der Waals surface area contributed by atoms with E-state index in [1.165, 1.54) is 18.3 Å². The summed E-state index contributed by atoms with van der Waals surface area (Å²) in [4.78, 5) is 23.8. The fraction of sp³-hybridized carbons (Fsp3) is 0.125. The van der Waals surface area contributed by atoms with Crippen LogP contribution in [-0.4, -0.2) is 22.9 Å². The first-order valence-electron chi connectivity index (χ1n) is 9.75. The number of carbonyl (C=O) groups excluding carboxylic acids is 1. The Hall–Kier alpha value is -4.00. The van der Waals surface area contributed by atoms with Gasteiger partial charge in [-0.15, -0.1) is 0 Å². The van der Waals surface area contributed by atoms with E-state index in [1.54, 1.807) is 30.5 Å². The molecule has 4 aromatic rings. The number of furan rings is 1. The molecule has 0 saturated carbocycles. The van der Waals surface area contributed by atoms with Gasteiger partial charge in [0.05, 0.1) is 12.8 Å². The van der Waals surface area contributed by atoms with Crippen molar-refractivity contribution in [2.45, 2.75) is 13.5 Å². The van der Waals surface area contributed by atoms with E-state index in [9.17, 15) is 9.18 Å².